The largest absolute Gasteiger partial charge is 0.508 e. The summed E-state index contributed by atoms with van der Waals surface area (Å²) in [6.07, 6.45) is 0.433. The molecule has 0 spiro atoms. The molecule has 0 aliphatic rings. The standard InChI is InChI=1S/C32H42NO6P/c1-21(2)19-37-32(35)25(7)33-40(36,39-27-11-9-8-10-12-27)20-38-28-15-23(5)30(24(6)16-28)18-26-13-14-31(34)29(17-26)22(3)4/h8-17,21-22,25,34H,18-20H2,1-7H3,(H,33,36)/t25-,40?/m0/s1. The van der Waals surface area contributed by atoms with Crippen LogP contribution in [0.5, 0.6) is 17.2 Å². The molecule has 3 aromatic rings. The van der Waals surface area contributed by atoms with Gasteiger partial charge in [0.25, 0.3) is 0 Å². The summed E-state index contributed by atoms with van der Waals surface area (Å²) in [4.78, 5) is 12.5. The topological polar surface area (TPSA) is 94.1 Å². The van der Waals surface area contributed by atoms with Crippen molar-refractivity contribution in [2.75, 3.05) is 13.0 Å². The molecule has 0 saturated carbocycles. The maximum Gasteiger partial charge on any atom is 0.354 e. The Balaban J connectivity index is 1.78. The van der Waals surface area contributed by atoms with Crippen LogP contribution in [0.25, 0.3) is 0 Å². The molecule has 0 aliphatic heterocycles. The highest BCUT2D eigenvalue weighted by Crippen LogP contribution is 2.44. The van der Waals surface area contributed by atoms with Crippen molar-refractivity contribution in [2.45, 2.75) is 66.8 Å². The third-order valence-electron chi connectivity index (χ3n) is 6.46. The number of carbonyl (C=O) groups is 1. The lowest BCUT2D eigenvalue weighted by atomic mass is 9.93. The Bertz CT molecular complexity index is 1320. The second-order valence-corrected chi connectivity index (χ2v) is 13.0. The van der Waals surface area contributed by atoms with Crippen LogP contribution in [-0.4, -0.2) is 30.1 Å². The second kappa shape index (κ2) is 13.9. The number of benzene rings is 3. The molecule has 0 aliphatic carbocycles. The lowest BCUT2D eigenvalue weighted by Crippen LogP contribution is -2.36. The molecule has 0 radical (unpaired) electrons. The first-order chi connectivity index (χ1) is 18.9. The Morgan fingerprint density at radius 2 is 1.57 bits per heavy atom. The number of esters is 1. The van der Waals surface area contributed by atoms with Crippen molar-refractivity contribution in [1.82, 2.24) is 5.09 Å². The van der Waals surface area contributed by atoms with Gasteiger partial charge in [-0.15, -0.1) is 0 Å². The zero-order valence-corrected chi connectivity index (χ0v) is 25.5. The van der Waals surface area contributed by atoms with Crippen LogP contribution in [0.3, 0.4) is 0 Å². The smallest absolute Gasteiger partial charge is 0.354 e. The molecule has 3 rings (SSSR count). The zero-order chi connectivity index (χ0) is 29.4. The van der Waals surface area contributed by atoms with Gasteiger partial charge in [0.2, 0.25) is 0 Å². The number of hydrogen-bond donors (Lipinski definition) is 2. The normalized spacial score (nSPS) is 13.6. The number of phenolic OH excluding ortho intramolecular Hbond substituents is 1. The number of rotatable bonds is 13. The SMILES string of the molecule is Cc1cc(OCP(=O)(N[C@@H](C)C(=O)OCC(C)C)Oc2ccccc2)cc(C)c1Cc1ccc(O)c(C(C)C)c1. The molecule has 0 bridgehead atoms. The van der Waals surface area contributed by atoms with Crippen LogP contribution >= 0.6 is 7.52 Å². The maximum absolute atomic E-state index is 13.9. The van der Waals surface area contributed by atoms with E-state index in [4.69, 9.17) is 14.0 Å². The van der Waals surface area contributed by atoms with E-state index in [0.717, 1.165) is 27.8 Å². The van der Waals surface area contributed by atoms with Crippen molar-refractivity contribution in [3.63, 3.8) is 0 Å². The number of ether oxygens (including phenoxy) is 2. The third kappa shape index (κ3) is 8.87. The van der Waals surface area contributed by atoms with Gasteiger partial charge in [-0.1, -0.05) is 58.0 Å². The van der Waals surface area contributed by atoms with Gasteiger partial charge in [0.15, 0.2) is 6.35 Å². The molecule has 0 heterocycles. The molecule has 40 heavy (non-hydrogen) atoms. The number of aryl methyl sites for hydroxylation is 2. The van der Waals surface area contributed by atoms with Gasteiger partial charge in [-0.05, 0) is 97.2 Å². The fourth-order valence-corrected chi connectivity index (χ4v) is 5.98. The lowest BCUT2D eigenvalue weighted by Gasteiger charge is -2.24. The van der Waals surface area contributed by atoms with E-state index in [0.29, 0.717) is 23.7 Å². The van der Waals surface area contributed by atoms with Crippen LogP contribution in [0, 0.1) is 19.8 Å². The van der Waals surface area contributed by atoms with E-state index in [2.05, 4.69) is 25.0 Å². The molecular formula is C32H42NO6P. The van der Waals surface area contributed by atoms with Crippen molar-refractivity contribution in [3.05, 3.63) is 88.5 Å². The van der Waals surface area contributed by atoms with Gasteiger partial charge >= 0.3 is 13.5 Å². The molecule has 0 saturated heterocycles. The summed E-state index contributed by atoms with van der Waals surface area (Å²) in [5.74, 6) is 1.18. The zero-order valence-electron chi connectivity index (χ0n) is 24.6. The van der Waals surface area contributed by atoms with Crippen LogP contribution in [0.4, 0.5) is 0 Å². The molecule has 3 aromatic carbocycles. The minimum atomic E-state index is -3.68. The average molecular weight is 568 g/mol. The summed E-state index contributed by atoms with van der Waals surface area (Å²) in [6, 6.07) is 17.5. The Morgan fingerprint density at radius 1 is 0.925 bits per heavy atom. The summed E-state index contributed by atoms with van der Waals surface area (Å²) >= 11 is 0. The highest BCUT2D eigenvalue weighted by Gasteiger charge is 2.32. The first-order valence-electron chi connectivity index (χ1n) is 13.7. The van der Waals surface area contributed by atoms with Crippen LogP contribution in [-0.2, 0) is 20.5 Å². The van der Waals surface area contributed by atoms with Crippen LogP contribution in [0.2, 0.25) is 0 Å². The predicted molar refractivity (Wildman–Crippen MR) is 159 cm³/mol. The van der Waals surface area contributed by atoms with E-state index >= 15 is 0 Å². The summed E-state index contributed by atoms with van der Waals surface area (Å²) in [7, 11) is -3.68. The highest BCUT2D eigenvalue weighted by molar-refractivity contribution is 7.57. The fourth-order valence-electron chi connectivity index (χ4n) is 4.32. The van der Waals surface area contributed by atoms with E-state index in [1.807, 2.05) is 52.0 Å². The Kier molecular flexibility index (Phi) is 10.8. The Hall–Kier alpha value is -3.28. The first-order valence-corrected chi connectivity index (χ1v) is 15.5. The van der Waals surface area contributed by atoms with Crippen molar-refractivity contribution in [3.8, 4) is 17.2 Å². The van der Waals surface area contributed by atoms with Crippen molar-refractivity contribution in [2.24, 2.45) is 5.92 Å². The van der Waals surface area contributed by atoms with E-state index in [-0.39, 0.29) is 24.8 Å². The van der Waals surface area contributed by atoms with Gasteiger partial charge in [0, 0.05) is 0 Å². The molecular weight excluding hydrogens is 525 g/mol. The van der Waals surface area contributed by atoms with E-state index in [1.165, 1.54) is 0 Å². The molecule has 8 heteroatoms. The van der Waals surface area contributed by atoms with E-state index < -0.39 is 19.5 Å². The predicted octanol–water partition coefficient (Wildman–Crippen LogP) is 7.51. The number of para-hydroxylation sites is 1. The van der Waals surface area contributed by atoms with Crippen molar-refractivity contribution >= 4 is 13.5 Å². The van der Waals surface area contributed by atoms with Gasteiger partial charge in [0.05, 0.1) is 6.61 Å². The van der Waals surface area contributed by atoms with E-state index in [9.17, 15) is 14.5 Å². The lowest BCUT2D eigenvalue weighted by molar-refractivity contribution is -0.146. The summed E-state index contributed by atoms with van der Waals surface area (Å²) in [5, 5.41) is 13.0. The maximum atomic E-state index is 13.9. The minimum absolute atomic E-state index is 0.188. The second-order valence-electron chi connectivity index (χ2n) is 11.0. The number of nitrogens with one attached hydrogen (secondary N) is 1. The van der Waals surface area contributed by atoms with Gasteiger partial charge in [-0.2, -0.15) is 0 Å². The molecule has 1 unspecified atom stereocenters. The first kappa shape index (κ1) is 31.3. The van der Waals surface area contributed by atoms with Gasteiger partial charge in [0.1, 0.15) is 23.3 Å². The van der Waals surface area contributed by atoms with E-state index in [1.54, 1.807) is 37.3 Å². The molecule has 0 amide bonds. The number of carbonyl (C=O) groups excluding carboxylic acids is 1. The van der Waals surface area contributed by atoms with Crippen LogP contribution in [0.15, 0.2) is 60.7 Å². The molecule has 0 aromatic heterocycles. The minimum Gasteiger partial charge on any atom is -0.508 e. The third-order valence-corrected chi connectivity index (χ3v) is 8.22. The average Bonchev–Trinajstić information content (AvgIpc) is 2.89. The quantitative estimate of drug-likeness (QED) is 0.163. The Labute approximate surface area is 238 Å². The number of hydrogen-bond acceptors (Lipinski definition) is 6. The van der Waals surface area contributed by atoms with Crippen LogP contribution in [0.1, 0.15) is 68.4 Å². The number of aromatic hydroxyl groups is 1. The van der Waals surface area contributed by atoms with Crippen molar-refractivity contribution in [1.29, 1.82) is 0 Å². The summed E-state index contributed by atoms with van der Waals surface area (Å²) < 4.78 is 31.1. The summed E-state index contributed by atoms with van der Waals surface area (Å²) in [6.45, 7) is 13.9. The molecule has 0 fully saturated rings. The van der Waals surface area contributed by atoms with Gasteiger partial charge in [-0.25, -0.2) is 5.09 Å². The molecule has 216 valence electrons. The summed E-state index contributed by atoms with van der Waals surface area (Å²) in [5.41, 5.74) is 5.27. The highest BCUT2D eigenvalue weighted by atomic mass is 31.2. The van der Waals surface area contributed by atoms with Crippen LogP contribution < -0.4 is 14.3 Å². The number of phenols is 1. The fraction of sp³-hybridized carbons (Fsp3) is 0.406. The monoisotopic (exact) mass is 567 g/mol. The molecule has 7 nitrogen and oxygen atoms in total. The molecule has 2 N–H and O–H groups in total. The Morgan fingerprint density at radius 3 is 2.17 bits per heavy atom. The van der Waals surface area contributed by atoms with Crippen molar-refractivity contribution < 1.29 is 28.5 Å². The van der Waals surface area contributed by atoms with Gasteiger partial charge in [-0.3, -0.25) is 9.36 Å². The molecule has 2 atom stereocenters. The van der Waals surface area contributed by atoms with Gasteiger partial charge < -0.3 is 19.1 Å².